The summed E-state index contributed by atoms with van der Waals surface area (Å²) in [5.41, 5.74) is 6.75. The second-order valence-corrected chi connectivity index (χ2v) is 4.34. The van der Waals surface area contributed by atoms with Crippen molar-refractivity contribution in [2.24, 2.45) is 0 Å². The molecule has 1 aromatic carbocycles. The van der Waals surface area contributed by atoms with Crippen molar-refractivity contribution < 1.29 is 18.3 Å². The van der Waals surface area contributed by atoms with Gasteiger partial charge in [-0.1, -0.05) is 18.2 Å². The van der Waals surface area contributed by atoms with E-state index in [1.807, 2.05) is 0 Å². The number of nitrogen functional groups attached to an aromatic ring is 1. The molecule has 0 spiro atoms. The number of nitrogens with zero attached hydrogens (tertiary/aromatic N) is 2. The molecular formula is C13H14F3N3O. The van der Waals surface area contributed by atoms with Crippen LogP contribution in [0.1, 0.15) is 0 Å². The molecule has 0 fully saturated rings. The Morgan fingerprint density at radius 1 is 1.25 bits per heavy atom. The van der Waals surface area contributed by atoms with Gasteiger partial charge in [0, 0.05) is 11.9 Å². The highest BCUT2D eigenvalue weighted by atomic mass is 19.4. The van der Waals surface area contributed by atoms with E-state index in [2.05, 4.69) is 4.98 Å². The normalized spacial score (nSPS) is 11.8. The summed E-state index contributed by atoms with van der Waals surface area (Å²) >= 11 is 0. The number of rotatable bonds is 4. The lowest BCUT2D eigenvalue weighted by Gasteiger charge is -2.27. The molecule has 0 aliphatic heterocycles. The Morgan fingerprint density at radius 2 is 1.95 bits per heavy atom. The summed E-state index contributed by atoms with van der Waals surface area (Å²) in [6.07, 6.45) is -3.05. The molecule has 0 unspecified atom stereocenters. The Bertz CT molecular complexity index is 601. The van der Waals surface area contributed by atoms with E-state index in [0.717, 1.165) is 4.90 Å². The number of pyridine rings is 1. The average molecular weight is 285 g/mol. The number of benzene rings is 1. The maximum Gasteiger partial charge on any atom is 0.405 e. The van der Waals surface area contributed by atoms with Gasteiger partial charge >= 0.3 is 6.18 Å². The highest BCUT2D eigenvalue weighted by molar-refractivity contribution is 5.97. The van der Waals surface area contributed by atoms with Gasteiger partial charge in [-0.3, -0.25) is 4.98 Å². The van der Waals surface area contributed by atoms with Crippen LogP contribution in [-0.4, -0.2) is 36.0 Å². The first-order chi connectivity index (χ1) is 9.42. The highest BCUT2D eigenvalue weighted by Crippen LogP contribution is 2.33. The zero-order valence-electron chi connectivity index (χ0n) is 10.6. The second kappa shape index (κ2) is 5.54. The van der Waals surface area contributed by atoms with Crippen LogP contribution in [0.4, 0.5) is 24.5 Å². The summed E-state index contributed by atoms with van der Waals surface area (Å²) < 4.78 is 38.0. The number of anilines is 2. The van der Waals surface area contributed by atoms with Gasteiger partial charge in [-0.25, -0.2) is 0 Å². The Labute approximate surface area is 113 Å². The minimum atomic E-state index is -4.38. The third kappa shape index (κ3) is 3.11. The molecule has 2 aromatic rings. The fraction of sp³-hybridized carbons (Fsp3) is 0.308. The number of aliphatic hydroxyl groups excluding tert-OH is 1. The van der Waals surface area contributed by atoms with E-state index in [1.165, 1.54) is 6.20 Å². The molecular weight excluding hydrogens is 271 g/mol. The molecule has 1 aromatic heterocycles. The first-order valence-corrected chi connectivity index (χ1v) is 5.98. The number of aliphatic hydroxyl groups is 1. The third-order valence-corrected chi connectivity index (χ3v) is 2.83. The highest BCUT2D eigenvalue weighted by Gasteiger charge is 2.32. The Kier molecular flexibility index (Phi) is 3.99. The van der Waals surface area contributed by atoms with E-state index in [1.54, 1.807) is 24.3 Å². The van der Waals surface area contributed by atoms with Crippen LogP contribution in [-0.2, 0) is 0 Å². The van der Waals surface area contributed by atoms with Gasteiger partial charge in [0.15, 0.2) is 0 Å². The van der Waals surface area contributed by atoms with Gasteiger partial charge < -0.3 is 15.7 Å². The van der Waals surface area contributed by atoms with Gasteiger partial charge in [-0.15, -0.1) is 0 Å². The predicted octanol–water partition coefficient (Wildman–Crippen LogP) is 2.18. The average Bonchev–Trinajstić information content (AvgIpc) is 2.36. The van der Waals surface area contributed by atoms with Crippen LogP contribution in [0.3, 0.4) is 0 Å². The molecule has 0 amide bonds. The lowest BCUT2D eigenvalue weighted by molar-refractivity contribution is -0.119. The van der Waals surface area contributed by atoms with E-state index in [-0.39, 0.29) is 17.9 Å². The molecule has 0 saturated carbocycles. The van der Waals surface area contributed by atoms with Gasteiger partial charge in [-0.05, 0) is 6.07 Å². The van der Waals surface area contributed by atoms with Crippen molar-refractivity contribution in [2.75, 3.05) is 30.3 Å². The summed E-state index contributed by atoms with van der Waals surface area (Å²) in [7, 11) is 0. The zero-order valence-corrected chi connectivity index (χ0v) is 10.6. The van der Waals surface area contributed by atoms with Crippen molar-refractivity contribution in [3.63, 3.8) is 0 Å². The standard InChI is InChI=1S/C13H14F3N3O/c14-13(15,16)8-19(5-6-20)12-9-3-1-2-4-11(9)18-7-10(12)17/h1-4,7,20H,5-6,8,17H2. The SMILES string of the molecule is Nc1cnc2ccccc2c1N(CCO)CC(F)(F)F. The van der Waals surface area contributed by atoms with E-state index >= 15 is 0 Å². The molecule has 0 saturated heterocycles. The molecule has 7 heteroatoms. The Balaban J connectivity index is 2.54. The second-order valence-electron chi connectivity index (χ2n) is 4.34. The van der Waals surface area contributed by atoms with Crippen LogP contribution in [0, 0.1) is 0 Å². The largest absolute Gasteiger partial charge is 0.405 e. The van der Waals surface area contributed by atoms with Gasteiger partial charge in [-0.2, -0.15) is 13.2 Å². The van der Waals surface area contributed by atoms with Crippen LogP contribution in [0.5, 0.6) is 0 Å². The summed E-state index contributed by atoms with van der Waals surface area (Å²) in [6, 6.07) is 6.81. The van der Waals surface area contributed by atoms with Crippen molar-refractivity contribution in [1.29, 1.82) is 0 Å². The van der Waals surface area contributed by atoms with E-state index in [0.29, 0.717) is 10.9 Å². The predicted molar refractivity (Wildman–Crippen MR) is 71.5 cm³/mol. The smallest absolute Gasteiger partial charge is 0.396 e. The van der Waals surface area contributed by atoms with Crippen molar-refractivity contribution >= 4 is 22.3 Å². The quantitative estimate of drug-likeness (QED) is 0.904. The Morgan fingerprint density at radius 3 is 2.60 bits per heavy atom. The summed E-state index contributed by atoms with van der Waals surface area (Å²) in [5, 5.41) is 9.52. The fourth-order valence-electron chi connectivity index (χ4n) is 2.10. The minimum Gasteiger partial charge on any atom is -0.396 e. The van der Waals surface area contributed by atoms with Gasteiger partial charge in [0.1, 0.15) is 6.54 Å². The molecule has 20 heavy (non-hydrogen) atoms. The number of fused-ring (bicyclic) bond motifs is 1. The first-order valence-electron chi connectivity index (χ1n) is 5.98. The summed E-state index contributed by atoms with van der Waals surface area (Å²) in [6.45, 7) is -1.73. The molecule has 4 nitrogen and oxygen atoms in total. The van der Waals surface area contributed by atoms with Crippen molar-refractivity contribution in [3.05, 3.63) is 30.5 Å². The van der Waals surface area contributed by atoms with Crippen molar-refractivity contribution in [2.45, 2.75) is 6.18 Å². The molecule has 0 aliphatic carbocycles. The van der Waals surface area contributed by atoms with Crippen molar-refractivity contribution in [3.8, 4) is 0 Å². The van der Waals surface area contributed by atoms with Crippen LogP contribution < -0.4 is 10.6 Å². The fourth-order valence-corrected chi connectivity index (χ4v) is 2.10. The molecule has 0 atom stereocenters. The number of hydrogen-bond acceptors (Lipinski definition) is 4. The number of hydrogen-bond donors (Lipinski definition) is 2. The molecule has 1 heterocycles. The molecule has 2 rings (SSSR count). The number of alkyl halides is 3. The van der Waals surface area contributed by atoms with Gasteiger partial charge in [0.2, 0.25) is 0 Å². The monoisotopic (exact) mass is 285 g/mol. The topological polar surface area (TPSA) is 62.4 Å². The van der Waals surface area contributed by atoms with Crippen LogP contribution in [0.15, 0.2) is 30.5 Å². The number of nitrogens with two attached hydrogens (primary N) is 1. The maximum absolute atomic E-state index is 12.7. The van der Waals surface area contributed by atoms with Crippen LogP contribution in [0.25, 0.3) is 10.9 Å². The molecule has 0 bridgehead atoms. The van der Waals surface area contributed by atoms with E-state index < -0.39 is 19.3 Å². The zero-order chi connectivity index (χ0) is 14.8. The molecule has 3 N–H and O–H groups in total. The van der Waals surface area contributed by atoms with E-state index in [9.17, 15) is 13.2 Å². The third-order valence-electron chi connectivity index (χ3n) is 2.83. The minimum absolute atomic E-state index is 0.154. The lowest BCUT2D eigenvalue weighted by Crippen LogP contribution is -2.36. The first kappa shape index (κ1) is 14.4. The van der Waals surface area contributed by atoms with Crippen molar-refractivity contribution in [1.82, 2.24) is 4.98 Å². The molecule has 0 radical (unpaired) electrons. The van der Waals surface area contributed by atoms with Crippen LogP contribution >= 0.6 is 0 Å². The van der Waals surface area contributed by atoms with Crippen LogP contribution in [0.2, 0.25) is 0 Å². The van der Waals surface area contributed by atoms with Gasteiger partial charge in [0.25, 0.3) is 0 Å². The number of para-hydroxylation sites is 1. The number of aromatic nitrogens is 1. The summed E-state index contributed by atoms with van der Waals surface area (Å²) in [5.74, 6) is 0. The molecule has 108 valence electrons. The maximum atomic E-state index is 12.7. The van der Waals surface area contributed by atoms with Gasteiger partial charge in [0.05, 0.1) is 29.7 Å². The number of halogens is 3. The van der Waals surface area contributed by atoms with E-state index in [4.69, 9.17) is 10.8 Å². The summed E-state index contributed by atoms with van der Waals surface area (Å²) in [4.78, 5) is 5.11. The Hall–Kier alpha value is -2.02. The molecule has 0 aliphatic rings. The lowest BCUT2D eigenvalue weighted by atomic mass is 10.1.